The second-order valence-electron chi connectivity index (χ2n) is 5.76. The van der Waals surface area contributed by atoms with Crippen molar-refractivity contribution >= 4 is 34.6 Å². The van der Waals surface area contributed by atoms with Crippen molar-refractivity contribution in [2.75, 3.05) is 13.4 Å². The molecule has 0 bridgehead atoms. The molecule has 126 valence electrons. The summed E-state index contributed by atoms with van der Waals surface area (Å²) in [6.45, 7) is 1.60. The second-order valence-corrected chi connectivity index (χ2v) is 7.85. The van der Waals surface area contributed by atoms with Gasteiger partial charge in [-0.3, -0.25) is 4.79 Å². The third-order valence-corrected chi connectivity index (χ3v) is 6.82. The van der Waals surface area contributed by atoms with Gasteiger partial charge in [-0.15, -0.1) is 23.1 Å². The largest absolute Gasteiger partial charge is 0.497 e. The predicted molar refractivity (Wildman–Crippen MR) is 98.5 cm³/mol. The maximum absolute atomic E-state index is 12.1. The van der Waals surface area contributed by atoms with Gasteiger partial charge >= 0.3 is 0 Å². The highest BCUT2D eigenvalue weighted by molar-refractivity contribution is 8.00. The van der Waals surface area contributed by atoms with E-state index >= 15 is 0 Å². The number of ether oxygens (including phenoxy) is 1. The fourth-order valence-electron chi connectivity index (χ4n) is 3.21. The van der Waals surface area contributed by atoms with Crippen molar-refractivity contribution in [2.45, 2.75) is 29.9 Å². The van der Waals surface area contributed by atoms with E-state index in [9.17, 15) is 10.0 Å². The number of ketones is 1. The quantitative estimate of drug-likeness (QED) is 0.374. The summed E-state index contributed by atoms with van der Waals surface area (Å²) in [5.74, 6) is 1.08. The Morgan fingerprint density at radius 2 is 2.04 bits per heavy atom. The fraction of sp³-hybridized carbons (Fsp3) is 0.333. The molecule has 3 rings (SSSR count). The highest BCUT2D eigenvalue weighted by atomic mass is 32.2. The van der Waals surface area contributed by atoms with Gasteiger partial charge in [-0.1, -0.05) is 17.3 Å². The first-order chi connectivity index (χ1) is 11.6. The van der Waals surface area contributed by atoms with E-state index in [1.807, 2.05) is 30.5 Å². The van der Waals surface area contributed by atoms with Crippen LogP contribution >= 0.6 is 23.1 Å². The van der Waals surface area contributed by atoms with Crippen molar-refractivity contribution in [3.8, 4) is 5.75 Å². The number of methoxy groups -OCH3 is 1. The van der Waals surface area contributed by atoms with E-state index < -0.39 is 0 Å². The molecule has 0 amide bonds. The van der Waals surface area contributed by atoms with Crippen LogP contribution in [0.15, 0.2) is 33.6 Å². The van der Waals surface area contributed by atoms with Crippen LogP contribution in [-0.2, 0) is 6.42 Å². The monoisotopic (exact) mass is 361 g/mol. The third-order valence-electron chi connectivity index (χ3n) is 4.37. The molecule has 1 heterocycles. The van der Waals surface area contributed by atoms with E-state index in [-0.39, 0.29) is 11.7 Å². The highest BCUT2D eigenvalue weighted by Crippen LogP contribution is 2.43. The summed E-state index contributed by atoms with van der Waals surface area (Å²) in [7, 11) is 1.65. The Kier molecular flexibility index (Phi) is 4.96. The van der Waals surface area contributed by atoms with E-state index in [1.165, 1.54) is 11.3 Å². The molecule has 0 radical (unpaired) electrons. The average molecular weight is 361 g/mol. The third kappa shape index (κ3) is 2.96. The lowest BCUT2D eigenvalue weighted by atomic mass is 9.79. The van der Waals surface area contributed by atoms with Crippen LogP contribution in [-0.4, -0.2) is 30.1 Å². The van der Waals surface area contributed by atoms with Crippen LogP contribution in [0.25, 0.3) is 0 Å². The number of thioether (sulfide) groups is 1. The van der Waals surface area contributed by atoms with Crippen LogP contribution in [0.5, 0.6) is 5.75 Å². The first-order valence-electron chi connectivity index (χ1n) is 7.64. The van der Waals surface area contributed by atoms with Crippen LogP contribution in [0.2, 0.25) is 0 Å². The Morgan fingerprint density at radius 3 is 2.58 bits per heavy atom. The van der Waals surface area contributed by atoms with Gasteiger partial charge < -0.3 is 9.94 Å². The molecule has 1 aromatic heterocycles. The van der Waals surface area contributed by atoms with Crippen molar-refractivity contribution in [3.63, 3.8) is 0 Å². The van der Waals surface area contributed by atoms with E-state index in [2.05, 4.69) is 5.16 Å². The summed E-state index contributed by atoms with van der Waals surface area (Å²) >= 11 is 3.11. The molecular formula is C18H19NO3S2. The number of benzene rings is 1. The predicted octanol–water partition coefficient (Wildman–Crippen LogP) is 4.59. The van der Waals surface area contributed by atoms with Gasteiger partial charge in [-0.25, -0.2) is 0 Å². The number of hydrogen-bond donors (Lipinski definition) is 1. The van der Waals surface area contributed by atoms with Crippen molar-refractivity contribution in [3.05, 3.63) is 45.8 Å². The molecule has 24 heavy (non-hydrogen) atoms. The van der Waals surface area contributed by atoms with Crippen molar-refractivity contribution in [1.82, 2.24) is 0 Å². The highest BCUT2D eigenvalue weighted by Gasteiger charge is 2.32. The van der Waals surface area contributed by atoms with Crippen LogP contribution in [0, 0.1) is 0 Å². The molecular weight excluding hydrogens is 342 g/mol. The maximum atomic E-state index is 12.1. The number of hydrogen-bond acceptors (Lipinski definition) is 6. The van der Waals surface area contributed by atoms with E-state index in [4.69, 9.17) is 4.74 Å². The first-order valence-corrected chi connectivity index (χ1v) is 9.69. The van der Waals surface area contributed by atoms with Gasteiger partial charge in [0.25, 0.3) is 0 Å². The van der Waals surface area contributed by atoms with Crippen LogP contribution in [0.1, 0.15) is 45.6 Å². The normalized spacial score (nSPS) is 18.5. The molecule has 1 unspecified atom stereocenters. The number of carbonyl (C=O) groups is 1. The summed E-state index contributed by atoms with van der Waals surface area (Å²) in [6, 6.07) is 7.96. The van der Waals surface area contributed by atoms with Gasteiger partial charge in [-0.05, 0) is 48.8 Å². The van der Waals surface area contributed by atoms with Gasteiger partial charge in [0, 0.05) is 12.0 Å². The topological polar surface area (TPSA) is 58.9 Å². The lowest BCUT2D eigenvalue weighted by Crippen LogP contribution is -2.20. The number of nitrogens with zero attached hydrogens (tertiary/aromatic N) is 1. The Morgan fingerprint density at radius 1 is 1.33 bits per heavy atom. The van der Waals surface area contributed by atoms with Crippen molar-refractivity contribution < 1.29 is 14.7 Å². The minimum absolute atomic E-state index is 0.0734. The standard InChI is InChI=1S/C18H19NO3S2/c1-10(20)17-14-8-12(11-4-6-13(22-2)7-5-11)9-15(19-21)16(14)18(23-3)24-17/h4-7,12,21H,8-9H2,1-3H3/b19-15+. The van der Waals surface area contributed by atoms with E-state index in [0.717, 1.165) is 37.9 Å². The molecule has 1 aromatic carbocycles. The molecule has 0 aliphatic heterocycles. The number of Topliss-reactive ketones (excluding diaryl/α,β-unsaturated/α-hetero) is 1. The number of carbonyl (C=O) groups excluding carboxylic acids is 1. The summed E-state index contributed by atoms with van der Waals surface area (Å²) in [6.07, 6.45) is 3.44. The first kappa shape index (κ1) is 17.0. The Balaban J connectivity index is 2.05. The van der Waals surface area contributed by atoms with Crippen LogP contribution in [0.3, 0.4) is 0 Å². The molecule has 0 saturated carbocycles. The average Bonchev–Trinajstić information content (AvgIpc) is 3.00. The molecule has 2 aromatic rings. The molecule has 0 saturated heterocycles. The van der Waals surface area contributed by atoms with Gasteiger partial charge in [0.1, 0.15) is 5.75 Å². The molecule has 0 fully saturated rings. The van der Waals surface area contributed by atoms with Crippen molar-refractivity contribution in [2.24, 2.45) is 5.16 Å². The molecule has 1 atom stereocenters. The zero-order chi connectivity index (χ0) is 17.3. The van der Waals surface area contributed by atoms with Gasteiger partial charge in [0.05, 0.1) is 21.9 Å². The molecule has 0 spiro atoms. The SMILES string of the molecule is COc1ccc(C2C/C(=N\O)c3c(SC)sc(C(C)=O)c3C2)cc1. The van der Waals surface area contributed by atoms with E-state index in [1.54, 1.807) is 25.8 Å². The smallest absolute Gasteiger partial charge is 0.170 e. The van der Waals surface area contributed by atoms with Crippen LogP contribution in [0.4, 0.5) is 0 Å². The summed E-state index contributed by atoms with van der Waals surface area (Å²) < 4.78 is 6.27. The number of fused-ring (bicyclic) bond motifs is 1. The lowest BCUT2D eigenvalue weighted by Gasteiger charge is -2.25. The van der Waals surface area contributed by atoms with Crippen molar-refractivity contribution in [1.29, 1.82) is 0 Å². The Labute approximate surface area is 149 Å². The van der Waals surface area contributed by atoms with Gasteiger partial charge in [0.15, 0.2) is 5.78 Å². The van der Waals surface area contributed by atoms with Crippen LogP contribution < -0.4 is 4.74 Å². The molecule has 1 N–H and O–H groups in total. The maximum Gasteiger partial charge on any atom is 0.170 e. The minimum Gasteiger partial charge on any atom is -0.497 e. The summed E-state index contributed by atoms with van der Waals surface area (Å²) in [5.41, 5.74) is 3.82. The number of oxime groups is 1. The zero-order valence-electron chi connectivity index (χ0n) is 13.8. The summed E-state index contributed by atoms with van der Waals surface area (Å²) in [4.78, 5) is 12.8. The molecule has 1 aliphatic carbocycles. The molecule has 4 nitrogen and oxygen atoms in total. The minimum atomic E-state index is 0.0734. The zero-order valence-corrected chi connectivity index (χ0v) is 15.5. The molecule has 6 heteroatoms. The number of rotatable bonds is 4. The lowest BCUT2D eigenvalue weighted by molar-refractivity contribution is 0.102. The van der Waals surface area contributed by atoms with E-state index in [0.29, 0.717) is 12.1 Å². The number of thiophene rings is 1. The fourth-order valence-corrected chi connectivity index (χ4v) is 5.22. The second kappa shape index (κ2) is 6.99. The van der Waals surface area contributed by atoms with Gasteiger partial charge in [0.2, 0.25) is 0 Å². The Hall–Kier alpha value is -1.79. The summed E-state index contributed by atoms with van der Waals surface area (Å²) in [5, 5.41) is 13.1. The Bertz CT molecular complexity index is 793. The van der Waals surface area contributed by atoms with Gasteiger partial charge in [-0.2, -0.15) is 0 Å². The molecule has 1 aliphatic rings.